The van der Waals surface area contributed by atoms with E-state index < -0.39 is 4.92 Å². The topological polar surface area (TPSA) is 100 Å². The van der Waals surface area contributed by atoms with Crippen LogP contribution in [0.5, 0.6) is 0 Å². The number of para-hydroxylation sites is 1. The number of anilines is 1. The minimum Gasteiger partial charge on any atom is -0.382 e. The van der Waals surface area contributed by atoms with E-state index in [-0.39, 0.29) is 17.6 Å². The number of benzene rings is 1. The highest BCUT2D eigenvalue weighted by atomic mass is 16.6. The number of aryl methyl sites for hydroxylation is 1. The number of fused-ring (bicyclic) bond motifs is 1. The third kappa shape index (κ3) is 3.91. The van der Waals surface area contributed by atoms with Gasteiger partial charge in [0.2, 0.25) is 5.91 Å². The fraction of sp³-hybridized carbons (Fsp3) is 0.444. The summed E-state index contributed by atoms with van der Waals surface area (Å²) >= 11 is 0. The SMILES string of the molecule is CNC(=O)CN1CCC(Nc2cc(C)nc3c([N+](=O)[O-])cccc23)CC1. The molecule has 138 valence electrons. The molecule has 1 aliphatic heterocycles. The molecule has 1 aromatic carbocycles. The first-order chi connectivity index (χ1) is 12.5. The second kappa shape index (κ2) is 7.65. The summed E-state index contributed by atoms with van der Waals surface area (Å²) in [6.07, 6.45) is 1.82. The Morgan fingerprint density at radius 1 is 1.38 bits per heavy atom. The first-order valence-electron chi connectivity index (χ1n) is 8.72. The molecule has 1 aliphatic rings. The number of carbonyl (C=O) groups excluding carboxylic acids is 1. The monoisotopic (exact) mass is 357 g/mol. The maximum atomic E-state index is 11.5. The lowest BCUT2D eigenvalue weighted by Gasteiger charge is -2.32. The van der Waals surface area contributed by atoms with Crippen molar-refractivity contribution in [2.75, 3.05) is 32.0 Å². The lowest BCUT2D eigenvalue weighted by atomic mass is 10.0. The Labute approximate surface area is 151 Å². The number of piperidine rings is 1. The molecular weight excluding hydrogens is 334 g/mol. The van der Waals surface area contributed by atoms with Gasteiger partial charge in [0.05, 0.1) is 11.5 Å². The largest absolute Gasteiger partial charge is 0.382 e. The molecule has 3 rings (SSSR count). The van der Waals surface area contributed by atoms with E-state index in [1.54, 1.807) is 13.1 Å². The minimum atomic E-state index is -0.393. The molecule has 0 aliphatic carbocycles. The predicted molar refractivity (Wildman–Crippen MR) is 100 cm³/mol. The van der Waals surface area contributed by atoms with E-state index in [0.717, 1.165) is 42.7 Å². The predicted octanol–water partition coefficient (Wildman–Crippen LogP) is 2.07. The number of nitro groups is 1. The van der Waals surface area contributed by atoms with Crippen molar-refractivity contribution in [2.45, 2.75) is 25.8 Å². The quantitative estimate of drug-likeness (QED) is 0.628. The summed E-state index contributed by atoms with van der Waals surface area (Å²) in [5.74, 6) is 0.0273. The molecule has 0 unspecified atom stereocenters. The van der Waals surface area contributed by atoms with Crippen LogP contribution in [-0.2, 0) is 4.79 Å². The summed E-state index contributed by atoms with van der Waals surface area (Å²) in [4.78, 5) is 28.9. The molecule has 0 radical (unpaired) electrons. The Balaban J connectivity index is 1.77. The summed E-state index contributed by atoms with van der Waals surface area (Å²) in [7, 11) is 1.65. The van der Waals surface area contributed by atoms with Crippen LogP contribution in [0.15, 0.2) is 24.3 Å². The van der Waals surface area contributed by atoms with E-state index in [9.17, 15) is 14.9 Å². The molecule has 0 saturated carbocycles. The van der Waals surface area contributed by atoms with E-state index in [2.05, 4.69) is 20.5 Å². The molecule has 8 nitrogen and oxygen atoms in total. The molecular formula is C18H23N5O3. The maximum absolute atomic E-state index is 11.5. The van der Waals surface area contributed by atoms with Gasteiger partial charge in [-0.3, -0.25) is 19.8 Å². The van der Waals surface area contributed by atoms with Crippen LogP contribution < -0.4 is 10.6 Å². The van der Waals surface area contributed by atoms with Crippen LogP contribution in [0, 0.1) is 17.0 Å². The highest BCUT2D eigenvalue weighted by Crippen LogP contribution is 2.31. The fourth-order valence-corrected chi connectivity index (χ4v) is 3.37. The molecule has 0 bridgehead atoms. The zero-order chi connectivity index (χ0) is 18.7. The number of aromatic nitrogens is 1. The Morgan fingerprint density at radius 2 is 2.12 bits per heavy atom. The number of amides is 1. The third-order valence-corrected chi connectivity index (χ3v) is 4.74. The molecule has 1 fully saturated rings. The summed E-state index contributed by atoms with van der Waals surface area (Å²) in [5, 5.41) is 18.2. The van der Waals surface area contributed by atoms with Crippen molar-refractivity contribution in [3.05, 3.63) is 40.1 Å². The summed E-state index contributed by atoms with van der Waals surface area (Å²) in [6.45, 7) is 3.94. The van der Waals surface area contributed by atoms with Gasteiger partial charge in [0.25, 0.3) is 5.69 Å². The van der Waals surface area contributed by atoms with Gasteiger partial charge in [-0.05, 0) is 25.8 Å². The number of nitro benzene ring substituents is 1. The number of hydrogen-bond acceptors (Lipinski definition) is 6. The highest BCUT2D eigenvalue weighted by molar-refractivity contribution is 5.96. The molecule has 2 N–H and O–H groups in total. The average Bonchev–Trinajstić information content (AvgIpc) is 2.62. The van der Waals surface area contributed by atoms with Gasteiger partial charge in [0.1, 0.15) is 0 Å². The number of rotatable bonds is 5. The van der Waals surface area contributed by atoms with Crippen molar-refractivity contribution in [2.24, 2.45) is 0 Å². The van der Waals surface area contributed by atoms with Gasteiger partial charge >= 0.3 is 0 Å². The first kappa shape index (κ1) is 18.1. The molecule has 2 aromatic rings. The number of hydrogen-bond donors (Lipinski definition) is 2. The molecule has 8 heteroatoms. The van der Waals surface area contributed by atoms with Crippen molar-refractivity contribution in [1.29, 1.82) is 0 Å². The highest BCUT2D eigenvalue weighted by Gasteiger charge is 2.22. The van der Waals surface area contributed by atoms with Crippen molar-refractivity contribution >= 4 is 28.2 Å². The number of likely N-dealkylation sites (N-methyl/N-ethyl adjacent to an activating group) is 1. The van der Waals surface area contributed by atoms with Crippen LogP contribution in [-0.4, -0.2) is 53.4 Å². The van der Waals surface area contributed by atoms with E-state index in [1.807, 2.05) is 19.1 Å². The normalized spacial score (nSPS) is 15.8. The van der Waals surface area contributed by atoms with E-state index in [1.165, 1.54) is 6.07 Å². The van der Waals surface area contributed by atoms with E-state index in [0.29, 0.717) is 12.1 Å². The Morgan fingerprint density at radius 3 is 2.77 bits per heavy atom. The first-order valence-corrected chi connectivity index (χ1v) is 8.72. The van der Waals surface area contributed by atoms with Gasteiger partial charge in [-0.15, -0.1) is 0 Å². The summed E-state index contributed by atoms with van der Waals surface area (Å²) < 4.78 is 0. The number of non-ortho nitro benzene ring substituents is 1. The van der Waals surface area contributed by atoms with Gasteiger partial charge in [-0.25, -0.2) is 4.98 Å². The second-order valence-electron chi connectivity index (χ2n) is 6.61. The van der Waals surface area contributed by atoms with E-state index in [4.69, 9.17) is 0 Å². The smallest absolute Gasteiger partial charge is 0.295 e. The van der Waals surface area contributed by atoms with Crippen LogP contribution in [0.2, 0.25) is 0 Å². The van der Waals surface area contributed by atoms with Crippen molar-refractivity contribution in [1.82, 2.24) is 15.2 Å². The van der Waals surface area contributed by atoms with Crippen molar-refractivity contribution < 1.29 is 9.72 Å². The Bertz CT molecular complexity index is 831. The maximum Gasteiger partial charge on any atom is 0.295 e. The number of likely N-dealkylation sites (tertiary alicyclic amines) is 1. The zero-order valence-electron chi connectivity index (χ0n) is 15.0. The molecule has 26 heavy (non-hydrogen) atoms. The Kier molecular flexibility index (Phi) is 5.32. The number of carbonyl (C=O) groups is 1. The summed E-state index contributed by atoms with van der Waals surface area (Å²) in [6, 6.07) is 7.23. The van der Waals surface area contributed by atoms with Crippen LogP contribution in [0.25, 0.3) is 10.9 Å². The van der Waals surface area contributed by atoms with Crippen LogP contribution in [0.1, 0.15) is 18.5 Å². The molecule has 1 saturated heterocycles. The van der Waals surface area contributed by atoms with Crippen LogP contribution in [0.3, 0.4) is 0 Å². The molecule has 0 atom stereocenters. The average molecular weight is 357 g/mol. The number of nitrogens with one attached hydrogen (secondary N) is 2. The van der Waals surface area contributed by atoms with Gasteiger partial charge in [-0.2, -0.15) is 0 Å². The molecule has 0 spiro atoms. The summed E-state index contributed by atoms with van der Waals surface area (Å²) in [5.41, 5.74) is 2.05. The standard InChI is InChI=1S/C18H23N5O3/c1-12-10-15(14-4-3-5-16(23(25)26)18(14)20-12)21-13-6-8-22(9-7-13)11-17(24)19-2/h3-5,10,13H,6-9,11H2,1-2H3,(H,19,24)(H,20,21). The molecule has 1 amide bonds. The second-order valence-corrected chi connectivity index (χ2v) is 6.61. The third-order valence-electron chi connectivity index (χ3n) is 4.74. The molecule has 2 heterocycles. The minimum absolute atomic E-state index is 0.0228. The van der Waals surface area contributed by atoms with Gasteiger partial charge in [-0.1, -0.05) is 12.1 Å². The van der Waals surface area contributed by atoms with Crippen LogP contribution >= 0.6 is 0 Å². The lowest BCUT2D eigenvalue weighted by molar-refractivity contribution is -0.383. The Hall–Kier alpha value is -2.74. The van der Waals surface area contributed by atoms with Gasteiger partial charge < -0.3 is 10.6 Å². The van der Waals surface area contributed by atoms with Crippen molar-refractivity contribution in [3.63, 3.8) is 0 Å². The number of pyridine rings is 1. The van der Waals surface area contributed by atoms with Crippen molar-refractivity contribution in [3.8, 4) is 0 Å². The zero-order valence-corrected chi connectivity index (χ0v) is 15.0. The van der Waals surface area contributed by atoms with Gasteiger partial charge in [0, 0.05) is 49.0 Å². The molecule has 1 aromatic heterocycles. The number of nitrogens with zero attached hydrogens (tertiary/aromatic N) is 3. The van der Waals surface area contributed by atoms with E-state index >= 15 is 0 Å². The van der Waals surface area contributed by atoms with Crippen LogP contribution in [0.4, 0.5) is 11.4 Å². The van der Waals surface area contributed by atoms with Gasteiger partial charge in [0.15, 0.2) is 5.52 Å². The fourth-order valence-electron chi connectivity index (χ4n) is 3.37. The lowest BCUT2D eigenvalue weighted by Crippen LogP contribution is -2.43.